The first-order valence-corrected chi connectivity index (χ1v) is 8.83. The third kappa shape index (κ3) is 4.30. The van der Waals surface area contributed by atoms with Crippen LogP contribution in [0.5, 0.6) is 10.9 Å². The van der Waals surface area contributed by atoms with Gasteiger partial charge in [0.2, 0.25) is 0 Å². The van der Waals surface area contributed by atoms with Crippen LogP contribution in [0.1, 0.15) is 30.1 Å². The molecule has 1 aliphatic heterocycles. The van der Waals surface area contributed by atoms with E-state index in [-0.39, 0.29) is 11.9 Å². The molecule has 122 valence electrons. The molecule has 2 aromatic rings. The number of thiazole rings is 1. The molecule has 1 aromatic heterocycles. The van der Waals surface area contributed by atoms with Crippen LogP contribution in [0.25, 0.3) is 0 Å². The molecule has 2 heterocycles. The molecule has 1 amide bonds. The molecule has 3 rings (SSSR count). The number of amides is 1. The summed E-state index contributed by atoms with van der Waals surface area (Å²) in [6.07, 6.45) is 3.86. The fourth-order valence-corrected chi connectivity index (χ4v) is 3.30. The van der Waals surface area contributed by atoms with Crippen molar-refractivity contribution in [1.82, 2.24) is 15.2 Å². The van der Waals surface area contributed by atoms with Crippen LogP contribution in [-0.2, 0) is 0 Å². The van der Waals surface area contributed by atoms with E-state index in [9.17, 15) is 4.79 Å². The lowest BCUT2D eigenvalue weighted by Gasteiger charge is -2.32. The lowest BCUT2D eigenvalue weighted by Crippen LogP contribution is -2.47. The van der Waals surface area contributed by atoms with Crippen LogP contribution in [-0.4, -0.2) is 41.5 Å². The van der Waals surface area contributed by atoms with Gasteiger partial charge in [0.1, 0.15) is 5.75 Å². The summed E-state index contributed by atoms with van der Waals surface area (Å²) in [5.41, 5.74) is 0.618. The van der Waals surface area contributed by atoms with Crippen molar-refractivity contribution in [2.45, 2.75) is 25.8 Å². The highest BCUT2D eigenvalue weighted by Gasteiger charge is 2.21. The SMILES string of the molecule is CCN1CCCC(NC(=O)c2cccc(Oc3nccs3)c2)C1. The Labute approximate surface area is 140 Å². The van der Waals surface area contributed by atoms with E-state index in [0.29, 0.717) is 16.5 Å². The number of hydrogen-bond donors (Lipinski definition) is 1. The summed E-state index contributed by atoms with van der Waals surface area (Å²) in [5, 5.41) is 5.57. The molecule has 0 radical (unpaired) electrons. The molecule has 1 aliphatic rings. The van der Waals surface area contributed by atoms with E-state index in [1.54, 1.807) is 12.3 Å². The zero-order valence-corrected chi connectivity index (χ0v) is 14.0. The van der Waals surface area contributed by atoms with Crippen molar-refractivity contribution in [2.75, 3.05) is 19.6 Å². The molecule has 1 saturated heterocycles. The fraction of sp³-hybridized carbons (Fsp3) is 0.412. The number of piperidine rings is 1. The summed E-state index contributed by atoms with van der Waals surface area (Å²) in [6.45, 7) is 5.24. The topological polar surface area (TPSA) is 54.5 Å². The average Bonchev–Trinajstić information content (AvgIpc) is 3.08. The second kappa shape index (κ2) is 7.57. The van der Waals surface area contributed by atoms with Gasteiger partial charge in [0.25, 0.3) is 11.1 Å². The molecule has 1 unspecified atom stereocenters. The Kier molecular flexibility index (Phi) is 5.25. The zero-order chi connectivity index (χ0) is 16.1. The van der Waals surface area contributed by atoms with Crippen molar-refractivity contribution in [2.24, 2.45) is 0 Å². The largest absolute Gasteiger partial charge is 0.431 e. The van der Waals surface area contributed by atoms with Gasteiger partial charge < -0.3 is 15.0 Å². The predicted octanol–water partition coefficient (Wildman–Crippen LogP) is 3.15. The molecule has 1 aromatic carbocycles. The summed E-state index contributed by atoms with van der Waals surface area (Å²) in [7, 11) is 0. The van der Waals surface area contributed by atoms with Crippen LogP contribution in [0.4, 0.5) is 0 Å². The summed E-state index contributed by atoms with van der Waals surface area (Å²) in [4.78, 5) is 18.9. The molecular weight excluding hydrogens is 310 g/mol. The molecule has 1 N–H and O–H groups in total. The number of ether oxygens (including phenoxy) is 1. The quantitative estimate of drug-likeness (QED) is 0.914. The first-order chi connectivity index (χ1) is 11.2. The Bertz CT molecular complexity index is 645. The maximum Gasteiger partial charge on any atom is 0.278 e. The van der Waals surface area contributed by atoms with E-state index in [4.69, 9.17) is 4.74 Å². The molecule has 5 nitrogen and oxygen atoms in total. The number of hydrogen-bond acceptors (Lipinski definition) is 5. The van der Waals surface area contributed by atoms with E-state index >= 15 is 0 Å². The van der Waals surface area contributed by atoms with Crippen LogP contribution in [0.15, 0.2) is 35.8 Å². The van der Waals surface area contributed by atoms with E-state index < -0.39 is 0 Å². The van der Waals surface area contributed by atoms with Gasteiger partial charge in [0.15, 0.2) is 0 Å². The molecule has 1 fully saturated rings. The molecule has 1 atom stereocenters. The minimum Gasteiger partial charge on any atom is -0.431 e. The molecule has 0 saturated carbocycles. The summed E-state index contributed by atoms with van der Waals surface area (Å²) in [5.74, 6) is 0.587. The van der Waals surface area contributed by atoms with Crippen molar-refractivity contribution in [3.63, 3.8) is 0 Å². The Morgan fingerprint density at radius 2 is 2.43 bits per heavy atom. The van der Waals surface area contributed by atoms with Gasteiger partial charge in [-0.25, -0.2) is 4.98 Å². The van der Waals surface area contributed by atoms with Gasteiger partial charge >= 0.3 is 0 Å². The van der Waals surface area contributed by atoms with Gasteiger partial charge in [-0.3, -0.25) is 4.79 Å². The summed E-state index contributed by atoms with van der Waals surface area (Å²) >= 11 is 1.42. The van der Waals surface area contributed by atoms with Gasteiger partial charge in [0.05, 0.1) is 0 Å². The highest BCUT2D eigenvalue weighted by Crippen LogP contribution is 2.24. The van der Waals surface area contributed by atoms with E-state index in [2.05, 4.69) is 22.1 Å². The van der Waals surface area contributed by atoms with Crippen LogP contribution in [0.2, 0.25) is 0 Å². The summed E-state index contributed by atoms with van der Waals surface area (Å²) in [6, 6.07) is 7.45. The second-order valence-corrected chi connectivity index (χ2v) is 6.49. The molecule has 0 aliphatic carbocycles. The normalized spacial score (nSPS) is 18.6. The fourth-order valence-electron chi connectivity index (χ4n) is 2.79. The number of aromatic nitrogens is 1. The smallest absolute Gasteiger partial charge is 0.278 e. The van der Waals surface area contributed by atoms with Gasteiger partial charge in [0, 0.05) is 29.7 Å². The number of carbonyl (C=O) groups excluding carboxylic acids is 1. The Morgan fingerprint density at radius 1 is 1.52 bits per heavy atom. The lowest BCUT2D eigenvalue weighted by molar-refractivity contribution is 0.0905. The van der Waals surface area contributed by atoms with Gasteiger partial charge in [-0.15, -0.1) is 0 Å². The number of likely N-dealkylation sites (tertiary alicyclic amines) is 1. The first-order valence-electron chi connectivity index (χ1n) is 7.95. The lowest BCUT2D eigenvalue weighted by atomic mass is 10.1. The Balaban J connectivity index is 1.63. The third-order valence-corrected chi connectivity index (χ3v) is 4.65. The zero-order valence-electron chi connectivity index (χ0n) is 13.2. The average molecular weight is 331 g/mol. The number of likely N-dealkylation sites (N-methyl/N-ethyl adjacent to an activating group) is 1. The number of nitrogens with zero attached hydrogens (tertiary/aromatic N) is 2. The van der Waals surface area contributed by atoms with Crippen molar-refractivity contribution < 1.29 is 9.53 Å². The van der Waals surface area contributed by atoms with Crippen molar-refractivity contribution in [1.29, 1.82) is 0 Å². The number of nitrogens with one attached hydrogen (secondary N) is 1. The number of carbonyl (C=O) groups is 1. The predicted molar refractivity (Wildman–Crippen MR) is 91.2 cm³/mol. The van der Waals surface area contributed by atoms with Crippen molar-refractivity contribution >= 4 is 17.2 Å². The van der Waals surface area contributed by atoms with E-state index in [0.717, 1.165) is 32.5 Å². The monoisotopic (exact) mass is 331 g/mol. The van der Waals surface area contributed by atoms with Gasteiger partial charge in [-0.05, 0) is 44.1 Å². The van der Waals surface area contributed by atoms with Crippen LogP contribution < -0.4 is 10.1 Å². The minimum atomic E-state index is -0.0439. The first kappa shape index (κ1) is 16.0. The number of rotatable bonds is 5. The molecule has 6 heteroatoms. The Morgan fingerprint density at radius 3 is 3.22 bits per heavy atom. The van der Waals surface area contributed by atoms with E-state index in [1.807, 2.05) is 23.6 Å². The highest BCUT2D eigenvalue weighted by atomic mass is 32.1. The molecule has 0 spiro atoms. The van der Waals surface area contributed by atoms with Crippen LogP contribution >= 0.6 is 11.3 Å². The molecular formula is C17H21N3O2S. The van der Waals surface area contributed by atoms with Crippen LogP contribution in [0, 0.1) is 0 Å². The van der Waals surface area contributed by atoms with Gasteiger partial charge in [-0.1, -0.05) is 24.3 Å². The molecule has 23 heavy (non-hydrogen) atoms. The van der Waals surface area contributed by atoms with Crippen molar-refractivity contribution in [3.05, 3.63) is 41.4 Å². The second-order valence-electron chi connectivity index (χ2n) is 5.63. The number of benzene rings is 1. The standard InChI is InChI=1S/C17H21N3O2S/c1-2-20-9-4-6-14(12-20)19-16(21)13-5-3-7-15(11-13)22-17-18-8-10-23-17/h3,5,7-8,10-11,14H,2,4,6,9,12H2,1H3,(H,19,21). The highest BCUT2D eigenvalue weighted by molar-refractivity contribution is 7.11. The third-order valence-electron chi connectivity index (χ3n) is 4.00. The minimum absolute atomic E-state index is 0.0439. The maximum absolute atomic E-state index is 12.5. The molecule has 0 bridgehead atoms. The summed E-state index contributed by atoms with van der Waals surface area (Å²) < 4.78 is 5.65. The Hall–Kier alpha value is -1.92. The van der Waals surface area contributed by atoms with Crippen molar-refractivity contribution in [3.8, 4) is 10.9 Å². The maximum atomic E-state index is 12.5. The van der Waals surface area contributed by atoms with Crippen LogP contribution in [0.3, 0.4) is 0 Å². The van der Waals surface area contributed by atoms with Gasteiger partial charge in [-0.2, -0.15) is 0 Å². The van der Waals surface area contributed by atoms with E-state index in [1.165, 1.54) is 11.3 Å².